The molecule has 150 valence electrons. The minimum Gasteiger partial charge on any atom is -0.406 e. The standard InChI is InChI=1S/C17H14Cl2F3N3O3/c18-11-7-13(15(19)24-8-11)16(26)25-14(23)9-27-5-4-10-2-1-3-12(6-10)28-17(20,21)22/h1-3,6-8H,4-5,9H2,(H2,23,25,26). The van der Waals surface area contributed by atoms with E-state index in [9.17, 15) is 18.0 Å². The van der Waals surface area contributed by atoms with Crippen LogP contribution >= 0.6 is 23.2 Å². The summed E-state index contributed by atoms with van der Waals surface area (Å²) >= 11 is 11.6. The van der Waals surface area contributed by atoms with Crippen molar-refractivity contribution in [3.05, 3.63) is 57.8 Å². The van der Waals surface area contributed by atoms with Crippen molar-refractivity contribution in [1.29, 1.82) is 5.41 Å². The first-order chi connectivity index (χ1) is 13.1. The summed E-state index contributed by atoms with van der Waals surface area (Å²) in [6.07, 6.45) is -3.19. The van der Waals surface area contributed by atoms with Crippen molar-refractivity contribution in [2.45, 2.75) is 12.8 Å². The molecule has 0 aliphatic rings. The monoisotopic (exact) mass is 435 g/mol. The number of pyridine rings is 1. The maximum atomic E-state index is 12.2. The lowest BCUT2D eigenvalue weighted by atomic mass is 10.1. The first-order valence-electron chi connectivity index (χ1n) is 7.76. The van der Waals surface area contributed by atoms with Crippen molar-refractivity contribution in [2.75, 3.05) is 13.2 Å². The highest BCUT2D eigenvalue weighted by atomic mass is 35.5. The molecule has 0 fully saturated rings. The molecule has 1 aromatic heterocycles. The smallest absolute Gasteiger partial charge is 0.406 e. The predicted octanol–water partition coefficient (Wildman–Crippen LogP) is 4.25. The normalized spacial score (nSPS) is 11.2. The maximum absolute atomic E-state index is 12.2. The van der Waals surface area contributed by atoms with E-state index in [4.69, 9.17) is 33.3 Å². The molecule has 1 heterocycles. The molecule has 0 bridgehead atoms. The van der Waals surface area contributed by atoms with Gasteiger partial charge < -0.3 is 14.8 Å². The van der Waals surface area contributed by atoms with Crippen LogP contribution in [0.25, 0.3) is 0 Å². The van der Waals surface area contributed by atoms with Crippen LogP contribution in [-0.4, -0.2) is 36.3 Å². The molecule has 0 aliphatic carbocycles. The average Bonchev–Trinajstić information content (AvgIpc) is 2.59. The fourth-order valence-electron chi connectivity index (χ4n) is 2.08. The Balaban J connectivity index is 1.77. The Morgan fingerprint density at radius 3 is 2.71 bits per heavy atom. The number of hydrogen-bond acceptors (Lipinski definition) is 5. The summed E-state index contributed by atoms with van der Waals surface area (Å²) in [6, 6.07) is 6.81. The number of halogens is 5. The van der Waals surface area contributed by atoms with E-state index in [1.54, 1.807) is 6.07 Å². The van der Waals surface area contributed by atoms with E-state index >= 15 is 0 Å². The highest BCUT2D eigenvalue weighted by Crippen LogP contribution is 2.23. The molecule has 2 rings (SSSR count). The van der Waals surface area contributed by atoms with E-state index in [0.717, 1.165) is 0 Å². The first-order valence-corrected chi connectivity index (χ1v) is 8.52. The summed E-state index contributed by atoms with van der Waals surface area (Å²) in [7, 11) is 0. The quantitative estimate of drug-likeness (QED) is 0.294. The highest BCUT2D eigenvalue weighted by molar-refractivity contribution is 6.35. The van der Waals surface area contributed by atoms with Gasteiger partial charge in [0, 0.05) is 6.20 Å². The predicted molar refractivity (Wildman–Crippen MR) is 97.1 cm³/mol. The van der Waals surface area contributed by atoms with Gasteiger partial charge in [-0.25, -0.2) is 4.98 Å². The molecule has 28 heavy (non-hydrogen) atoms. The molecule has 6 nitrogen and oxygen atoms in total. The van der Waals surface area contributed by atoms with Gasteiger partial charge in [0.25, 0.3) is 5.91 Å². The molecular weight excluding hydrogens is 422 g/mol. The number of ether oxygens (including phenoxy) is 2. The first kappa shape index (κ1) is 21.9. The van der Waals surface area contributed by atoms with Crippen LogP contribution in [0.2, 0.25) is 10.2 Å². The topological polar surface area (TPSA) is 84.3 Å². The van der Waals surface area contributed by atoms with Gasteiger partial charge in [-0.05, 0) is 30.2 Å². The van der Waals surface area contributed by atoms with Crippen LogP contribution in [0.3, 0.4) is 0 Å². The lowest BCUT2D eigenvalue weighted by Crippen LogP contribution is -2.33. The van der Waals surface area contributed by atoms with Crippen molar-refractivity contribution >= 4 is 34.9 Å². The second-order valence-corrected chi connectivity index (χ2v) is 6.22. The number of amidine groups is 1. The van der Waals surface area contributed by atoms with Crippen LogP contribution in [-0.2, 0) is 11.2 Å². The molecule has 11 heteroatoms. The van der Waals surface area contributed by atoms with E-state index in [0.29, 0.717) is 12.0 Å². The van der Waals surface area contributed by atoms with Gasteiger partial charge >= 0.3 is 6.36 Å². The molecule has 0 saturated heterocycles. The SMILES string of the molecule is N=C(COCCc1cccc(OC(F)(F)F)c1)NC(=O)c1cc(Cl)cnc1Cl. The van der Waals surface area contributed by atoms with Gasteiger partial charge in [-0.15, -0.1) is 13.2 Å². The number of carbonyl (C=O) groups excluding carboxylic acids is 1. The molecule has 2 N–H and O–H groups in total. The van der Waals surface area contributed by atoms with E-state index in [-0.39, 0.29) is 40.5 Å². The second-order valence-electron chi connectivity index (χ2n) is 5.42. The summed E-state index contributed by atoms with van der Waals surface area (Å²) in [6.45, 7) is -0.0940. The minimum absolute atomic E-state index is 0.0143. The van der Waals surface area contributed by atoms with Crippen molar-refractivity contribution in [3.63, 3.8) is 0 Å². The number of aromatic nitrogens is 1. The lowest BCUT2D eigenvalue weighted by molar-refractivity contribution is -0.274. The molecule has 0 spiro atoms. The zero-order chi connectivity index (χ0) is 20.7. The third-order valence-electron chi connectivity index (χ3n) is 3.23. The van der Waals surface area contributed by atoms with Crippen LogP contribution in [0.1, 0.15) is 15.9 Å². The molecule has 1 aromatic carbocycles. The maximum Gasteiger partial charge on any atom is 0.573 e. The van der Waals surface area contributed by atoms with Crippen LogP contribution in [0.4, 0.5) is 13.2 Å². The van der Waals surface area contributed by atoms with Gasteiger partial charge in [0.1, 0.15) is 23.3 Å². The molecule has 0 atom stereocenters. The molecule has 0 aliphatic heterocycles. The molecule has 2 aromatic rings. The molecule has 0 unspecified atom stereocenters. The number of benzene rings is 1. The second kappa shape index (κ2) is 9.72. The van der Waals surface area contributed by atoms with Crippen LogP contribution in [0.15, 0.2) is 36.5 Å². The molecular formula is C17H14Cl2F3N3O3. The summed E-state index contributed by atoms with van der Waals surface area (Å²) in [5, 5.41) is 10.2. The Hall–Kier alpha value is -2.36. The van der Waals surface area contributed by atoms with Crippen molar-refractivity contribution in [3.8, 4) is 5.75 Å². The third-order valence-corrected chi connectivity index (χ3v) is 3.74. The number of alkyl halides is 3. The van der Waals surface area contributed by atoms with E-state index in [2.05, 4.69) is 15.0 Å². The van der Waals surface area contributed by atoms with E-state index in [1.807, 2.05) is 0 Å². The average molecular weight is 436 g/mol. The fraction of sp³-hybridized carbons (Fsp3) is 0.235. The van der Waals surface area contributed by atoms with Gasteiger partial charge in [0.05, 0.1) is 17.2 Å². The van der Waals surface area contributed by atoms with Crippen molar-refractivity contribution in [2.24, 2.45) is 0 Å². The lowest BCUT2D eigenvalue weighted by Gasteiger charge is -2.11. The Morgan fingerprint density at radius 1 is 1.25 bits per heavy atom. The largest absolute Gasteiger partial charge is 0.573 e. The Morgan fingerprint density at radius 2 is 2.00 bits per heavy atom. The van der Waals surface area contributed by atoms with Crippen LogP contribution in [0.5, 0.6) is 5.75 Å². The summed E-state index contributed by atoms with van der Waals surface area (Å²) < 4.78 is 45.8. The van der Waals surface area contributed by atoms with Gasteiger partial charge in [-0.1, -0.05) is 35.3 Å². The number of nitrogens with zero attached hydrogens (tertiary/aromatic N) is 1. The van der Waals surface area contributed by atoms with Crippen molar-refractivity contribution < 1.29 is 27.4 Å². The molecule has 0 saturated carbocycles. The molecule has 0 radical (unpaired) electrons. The van der Waals surface area contributed by atoms with Crippen LogP contribution in [0, 0.1) is 5.41 Å². The minimum atomic E-state index is -4.76. The zero-order valence-electron chi connectivity index (χ0n) is 14.1. The Kier molecular flexibility index (Phi) is 7.61. The number of rotatable bonds is 7. The van der Waals surface area contributed by atoms with Gasteiger partial charge in [-0.3, -0.25) is 10.2 Å². The van der Waals surface area contributed by atoms with E-state index < -0.39 is 12.3 Å². The molecule has 1 amide bonds. The number of hydrogen-bond donors (Lipinski definition) is 2. The fourth-order valence-corrected chi connectivity index (χ4v) is 2.43. The van der Waals surface area contributed by atoms with Crippen molar-refractivity contribution in [1.82, 2.24) is 10.3 Å². The van der Waals surface area contributed by atoms with Gasteiger partial charge in [0.15, 0.2) is 0 Å². The Bertz CT molecular complexity index is 863. The zero-order valence-corrected chi connectivity index (χ0v) is 15.7. The number of nitrogens with one attached hydrogen (secondary N) is 2. The Labute approximate surface area is 168 Å². The van der Waals surface area contributed by atoms with Crippen LogP contribution < -0.4 is 10.1 Å². The summed E-state index contributed by atoms with van der Waals surface area (Å²) in [4.78, 5) is 15.8. The summed E-state index contributed by atoms with van der Waals surface area (Å²) in [5.41, 5.74) is 0.578. The van der Waals surface area contributed by atoms with Gasteiger partial charge in [-0.2, -0.15) is 0 Å². The summed E-state index contributed by atoms with van der Waals surface area (Å²) in [5.74, 6) is -1.21. The number of carbonyl (C=O) groups is 1. The van der Waals surface area contributed by atoms with E-state index in [1.165, 1.54) is 30.5 Å². The number of amides is 1. The highest BCUT2D eigenvalue weighted by Gasteiger charge is 2.31. The van der Waals surface area contributed by atoms with Gasteiger partial charge in [0.2, 0.25) is 0 Å². The third kappa shape index (κ3) is 7.34.